The van der Waals surface area contributed by atoms with Gasteiger partial charge in [0.25, 0.3) is 0 Å². The monoisotopic (exact) mass is 332 g/mol. The Kier molecular flexibility index (Phi) is 4.46. The van der Waals surface area contributed by atoms with E-state index in [2.05, 4.69) is 4.74 Å². The van der Waals surface area contributed by atoms with Crippen LogP contribution in [0.1, 0.15) is 12.0 Å². The van der Waals surface area contributed by atoms with Gasteiger partial charge in [0, 0.05) is 13.1 Å². The van der Waals surface area contributed by atoms with Crippen molar-refractivity contribution < 1.29 is 17.9 Å². The Morgan fingerprint density at radius 1 is 1.48 bits per heavy atom. The Bertz CT molecular complexity index is 652. The van der Waals surface area contributed by atoms with Crippen molar-refractivity contribution >= 4 is 33.3 Å². The molecule has 1 aliphatic heterocycles. The van der Waals surface area contributed by atoms with E-state index in [1.165, 1.54) is 23.5 Å². The molecule has 1 fully saturated rings. The van der Waals surface area contributed by atoms with E-state index in [-0.39, 0.29) is 29.6 Å². The number of hydrogen-bond acceptors (Lipinski definition) is 5. The van der Waals surface area contributed by atoms with Crippen LogP contribution < -0.4 is 5.73 Å². The van der Waals surface area contributed by atoms with Gasteiger partial charge in [0.1, 0.15) is 0 Å². The fourth-order valence-corrected chi connectivity index (χ4v) is 4.10. The quantitative estimate of drug-likeness (QED) is 0.667. The third-order valence-corrected chi connectivity index (χ3v) is 5.94. The number of hydrogen-bond donors (Lipinski definition) is 1. The van der Waals surface area contributed by atoms with Crippen molar-refractivity contribution in [3.63, 3.8) is 0 Å². The maximum Gasteiger partial charge on any atom is 0.310 e. The molecule has 1 atom stereocenters. The van der Waals surface area contributed by atoms with Gasteiger partial charge < -0.3 is 10.5 Å². The minimum absolute atomic E-state index is 0.0902. The highest BCUT2D eigenvalue weighted by molar-refractivity contribution is 7.89. The number of benzene rings is 1. The molecule has 0 bridgehead atoms. The minimum Gasteiger partial charge on any atom is -0.469 e. The maximum absolute atomic E-state index is 12.6. The summed E-state index contributed by atoms with van der Waals surface area (Å²) in [6.45, 7) is 2.10. The fourth-order valence-electron chi connectivity index (χ4n) is 2.37. The number of nitrogen functional groups attached to an aromatic ring is 1. The molecule has 0 aliphatic carbocycles. The molecular formula is C13H17ClN2O4S. The second-order valence-corrected chi connectivity index (χ2v) is 7.33. The minimum atomic E-state index is -3.69. The summed E-state index contributed by atoms with van der Waals surface area (Å²) in [6.07, 6.45) is 0.452. The number of nitrogens with two attached hydrogens (primary N) is 1. The van der Waals surface area contributed by atoms with Gasteiger partial charge in [-0.25, -0.2) is 8.42 Å². The normalized spacial score (nSPS) is 19.7. The zero-order chi connectivity index (χ0) is 15.8. The van der Waals surface area contributed by atoms with Gasteiger partial charge in [-0.3, -0.25) is 4.79 Å². The van der Waals surface area contributed by atoms with Crippen molar-refractivity contribution in [1.29, 1.82) is 0 Å². The van der Waals surface area contributed by atoms with Crippen molar-refractivity contribution in [2.75, 3.05) is 25.9 Å². The Balaban J connectivity index is 2.30. The predicted octanol–water partition coefficient (Wildman–Crippen LogP) is 1.41. The van der Waals surface area contributed by atoms with Crippen molar-refractivity contribution in [2.24, 2.45) is 5.92 Å². The van der Waals surface area contributed by atoms with E-state index >= 15 is 0 Å². The zero-order valence-electron chi connectivity index (χ0n) is 11.8. The Labute approximate surface area is 128 Å². The topological polar surface area (TPSA) is 89.7 Å². The van der Waals surface area contributed by atoms with E-state index < -0.39 is 15.9 Å². The average Bonchev–Trinajstić information content (AvgIpc) is 2.93. The van der Waals surface area contributed by atoms with Gasteiger partial charge in [0.15, 0.2) is 0 Å². The summed E-state index contributed by atoms with van der Waals surface area (Å²) in [6, 6.07) is 2.83. The van der Waals surface area contributed by atoms with Gasteiger partial charge in [-0.05, 0) is 31.0 Å². The number of methoxy groups -OCH3 is 1. The molecule has 1 aliphatic rings. The molecule has 1 aromatic rings. The molecule has 116 valence electrons. The van der Waals surface area contributed by atoms with E-state index in [0.29, 0.717) is 17.0 Å². The molecule has 6 nitrogen and oxygen atoms in total. The highest BCUT2D eigenvalue weighted by Crippen LogP contribution is 2.30. The number of aryl methyl sites for hydroxylation is 1. The number of nitrogens with zero attached hydrogens (tertiary/aromatic N) is 1. The van der Waals surface area contributed by atoms with E-state index in [4.69, 9.17) is 17.3 Å². The first-order chi connectivity index (χ1) is 9.77. The maximum atomic E-state index is 12.6. The molecule has 0 amide bonds. The van der Waals surface area contributed by atoms with Crippen molar-refractivity contribution in [3.8, 4) is 0 Å². The molecule has 2 N–H and O–H groups in total. The summed E-state index contributed by atoms with van der Waals surface area (Å²) >= 11 is 5.95. The summed E-state index contributed by atoms with van der Waals surface area (Å²) in [5, 5.41) is 0.350. The molecule has 1 heterocycles. The van der Waals surface area contributed by atoms with Crippen LogP contribution in [0.25, 0.3) is 0 Å². The summed E-state index contributed by atoms with van der Waals surface area (Å²) in [5.74, 6) is -0.810. The predicted molar refractivity (Wildman–Crippen MR) is 79.5 cm³/mol. The van der Waals surface area contributed by atoms with Gasteiger partial charge in [0.05, 0.1) is 28.6 Å². The number of carbonyl (C=O) groups is 1. The molecule has 21 heavy (non-hydrogen) atoms. The van der Waals surface area contributed by atoms with Gasteiger partial charge in [-0.2, -0.15) is 4.31 Å². The Morgan fingerprint density at radius 2 is 2.14 bits per heavy atom. The van der Waals surface area contributed by atoms with Crippen LogP contribution >= 0.6 is 11.6 Å². The Morgan fingerprint density at radius 3 is 2.71 bits per heavy atom. The molecule has 8 heteroatoms. The van der Waals surface area contributed by atoms with Gasteiger partial charge in [0.2, 0.25) is 10.0 Å². The van der Waals surface area contributed by atoms with Crippen LogP contribution in [0.3, 0.4) is 0 Å². The summed E-state index contributed by atoms with van der Waals surface area (Å²) in [5.41, 5.74) is 6.54. The third-order valence-electron chi connectivity index (χ3n) is 3.58. The molecule has 0 spiro atoms. The number of sulfonamides is 1. The van der Waals surface area contributed by atoms with E-state index in [0.717, 1.165) is 0 Å². The smallest absolute Gasteiger partial charge is 0.310 e. The SMILES string of the molecule is COC(=O)C1CCN(S(=O)(=O)c2cc(C)c(Cl)c(N)c2)C1. The second-order valence-electron chi connectivity index (χ2n) is 5.02. The van der Waals surface area contributed by atoms with Crippen molar-refractivity contribution in [1.82, 2.24) is 4.31 Å². The number of ether oxygens (including phenoxy) is 1. The van der Waals surface area contributed by atoms with Crippen LogP contribution in [0.4, 0.5) is 5.69 Å². The molecule has 1 saturated heterocycles. The number of esters is 1. The molecule has 0 saturated carbocycles. The highest BCUT2D eigenvalue weighted by atomic mass is 35.5. The number of halogens is 1. The summed E-state index contributed by atoms with van der Waals surface area (Å²) < 4.78 is 31.1. The number of anilines is 1. The van der Waals surface area contributed by atoms with Crippen LogP contribution in [0, 0.1) is 12.8 Å². The van der Waals surface area contributed by atoms with E-state index in [9.17, 15) is 13.2 Å². The average molecular weight is 333 g/mol. The lowest BCUT2D eigenvalue weighted by Crippen LogP contribution is -2.30. The highest BCUT2D eigenvalue weighted by Gasteiger charge is 2.36. The molecule has 0 aromatic heterocycles. The molecule has 1 unspecified atom stereocenters. The van der Waals surface area contributed by atoms with Crippen molar-refractivity contribution in [3.05, 3.63) is 22.7 Å². The second kappa shape index (κ2) is 5.82. The zero-order valence-corrected chi connectivity index (χ0v) is 13.4. The first kappa shape index (κ1) is 16.1. The van der Waals surface area contributed by atoms with Crippen LogP contribution in [0.2, 0.25) is 5.02 Å². The van der Waals surface area contributed by atoms with Crippen LogP contribution in [-0.4, -0.2) is 38.9 Å². The molecule has 0 radical (unpaired) electrons. The van der Waals surface area contributed by atoms with Crippen LogP contribution in [0.5, 0.6) is 0 Å². The van der Waals surface area contributed by atoms with Gasteiger partial charge >= 0.3 is 5.97 Å². The lowest BCUT2D eigenvalue weighted by molar-refractivity contribution is -0.144. The molecule has 1 aromatic carbocycles. The fraction of sp³-hybridized carbons (Fsp3) is 0.462. The first-order valence-electron chi connectivity index (χ1n) is 6.41. The van der Waals surface area contributed by atoms with Gasteiger partial charge in [-0.1, -0.05) is 11.6 Å². The largest absolute Gasteiger partial charge is 0.469 e. The lowest BCUT2D eigenvalue weighted by atomic mass is 10.1. The van der Waals surface area contributed by atoms with Gasteiger partial charge in [-0.15, -0.1) is 0 Å². The first-order valence-corrected chi connectivity index (χ1v) is 8.22. The summed E-state index contributed by atoms with van der Waals surface area (Å²) in [4.78, 5) is 11.6. The van der Waals surface area contributed by atoms with Crippen molar-refractivity contribution in [2.45, 2.75) is 18.2 Å². The van der Waals surface area contributed by atoms with Crippen LogP contribution in [-0.2, 0) is 19.6 Å². The summed E-state index contributed by atoms with van der Waals surface area (Å²) in [7, 11) is -2.39. The lowest BCUT2D eigenvalue weighted by Gasteiger charge is -2.17. The van der Waals surface area contributed by atoms with Crippen LogP contribution in [0.15, 0.2) is 17.0 Å². The van der Waals surface area contributed by atoms with E-state index in [1.807, 2.05) is 0 Å². The molecular weight excluding hydrogens is 316 g/mol. The Hall–Kier alpha value is -1.31. The van der Waals surface area contributed by atoms with E-state index in [1.54, 1.807) is 6.92 Å². The third kappa shape index (κ3) is 3.00. The number of rotatable bonds is 3. The standard InChI is InChI=1S/C13H17ClN2O4S/c1-8-5-10(6-11(15)12(8)14)21(18,19)16-4-3-9(7-16)13(17)20-2/h5-6,9H,3-4,7,15H2,1-2H3. The number of carbonyl (C=O) groups excluding carboxylic acids is 1. The molecule has 2 rings (SSSR count).